The third-order valence-corrected chi connectivity index (χ3v) is 2.10. The molecule has 82 valence electrons. The van der Waals surface area contributed by atoms with Crippen LogP contribution in [0.3, 0.4) is 0 Å². The molecule has 0 aliphatic carbocycles. The fraction of sp³-hybridized carbons (Fsp3) is 0.417. The molecule has 0 heterocycles. The van der Waals surface area contributed by atoms with Gasteiger partial charge in [-0.05, 0) is 25.6 Å². The average molecular weight is 209 g/mol. The van der Waals surface area contributed by atoms with Crippen LogP contribution in [0.4, 0.5) is 4.39 Å². The van der Waals surface area contributed by atoms with Crippen molar-refractivity contribution in [2.75, 3.05) is 13.6 Å². The predicted molar refractivity (Wildman–Crippen MR) is 59.0 cm³/mol. The zero-order chi connectivity index (χ0) is 11.3. The normalized spacial score (nSPS) is 12.5. The second kappa shape index (κ2) is 5.61. The smallest absolute Gasteiger partial charge is 0.176 e. The van der Waals surface area contributed by atoms with Crippen molar-refractivity contribution in [1.82, 2.24) is 5.32 Å². The minimum atomic E-state index is -0.875. The van der Waals surface area contributed by atoms with Crippen LogP contribution in [-0.2, 0) is 6.42 Å². The molecule has 15 heavy (non-hydrogen) atoms. The molecule has 0 fully saturated rings. The van der Waals surface area contributed by atoms with Crippen LogP contribution >= 0.6 is 0 Å². The summed E-state index contributed by atoms with van der Waals surface area (Å²) in [5.41, 5.74) is 1.51. The van der Waals surface area contributed by atoms with Crippen LogP contribution in [-0.4, -0.2) is 25.5 Å². The van der Waals surface area contributed by atoms with Gasteiger partial charge in [-0.2, -0.15) is 0 Å². The lowest BCUT2D eigenvalue weighted by Gasteiger charge is -2.05. The molecule has 2 nitrogen and oxygen atoms in total. The first-order chi connectivity index (χ1) is 7.13. The van der Waals surface area contributed by atoms with Crippen molar-refractivity contribution in [2.45, 2.75) is 19.5 Å². The first-order valence-corrected chi connectivity index (χ1v) is 5.04. The number of alkyl halides is 1. The molecular weight excluding hydrogens is 193 g/mol. The molecule has 1 rings (SSSR count). The largest absolute Gasteiger partial charge is 0.313 e. The summed E-state index contributed by atoms with van der Waals surface area (Å²) < 4.78 is 12.8. The number of likely N-dealkylation sites (N-methyl/N-ethyl adjacent to an activating group) is 1. The van der Waals surface area contributed by atoms with Gasteiger partial charge in [-0.3, -0.25) is 4.79 Å². The van der Waals surface area contributed by atoms with Crippen LogP contribution < -0.4 is 5.32 Å². The topological polar surface area (TPSA) is 29.1 Å². The highest BCUT2D eigenvalue weighted by Gasteiger charge is 2.06. The summed E-state index contributed by atoms with van der Waals surface area (Å²) in [5.74, 6) is 0.0332. The molecule has 1 aromatic rings. The second-order valence-corrected chi connectivity index (χ2v) is 3.64. The molecule has 1 atom stereocenters. The minimum Gasteiger partial charge on any atom is -0.313 e. The van der Waals surface area contributed by atoms with Crippen molar-refractivity contribution >= 4 is 5.78 Å². The SMILES string of the molecule is CNCC(=O)c1cccc(CC(C)F)c1. The lowest BCUT2D eigenvalue weighted by molar-refractivity contribution is 0.0993. The Labute approximate surface area is 89.5 Å². The van der Waals surface area contributed by atoms with Crippen molar-refractivity contribution in [3.63, 3.8) is 0 Å². The van der Waals surface area contributed by atoms with Gasteiger partial charge < -0.3 is 5.32 Å². The summed E-state index contributed by atoms with van der Waals surface area (Å²) in [7, 11) is 1.73. The van der Waals surface area contributed by atoms with E-state index < -0.39 is 6.17 Å². The van der Waals surface area contributed by atoms with E-state index in [2.05, 4.69) is 5.32 Å². The molecule has 0 bridgehead atoms. The number of ketones is 1. The summed E-state index contributed by atoms with van der Waals surface area (Å²) in [5, 5.41) is 2.80. The maximum Gasteiger partial charge on any atom is 0.176 e. The first kappa shape index (κ1) is 11.9. The Balaban J connectivity index is 2.78. The second-order valence-electron chi connectivity index (χ2n) is 3.64. The maximum atomic E-state index is 12.8. The zero-order valence-corrected chi connectivity index (χ0v) is 9.09. The number of carbonyl (C=O) groups excluding carboxylic acids is 1. The predicted octanol–water partition coefficient (Wildman–Crippen LogP) is 1.99. The summed E-state index contributed by atoms with van der Waals surface area (Å²) in [6, 6.07) is 7.15. The van der Waals surface area contributed by atoms with Gasteiger partial charge in [-0.15, -0.1) is 0 Å². The van der Waals surface area contributed by atoms with Gasteiger partial charge in [-0.1, -0.05) is 18.2 Å². The standard InChI is InChI=1S/C12H16FNO/c1-9(13)6-10-4-3-5-11(7-10)12(15)8-14-2/h3-5,7,9,14H,6,8H2,1-2H3. The van der Waals surface area contributed by atoms with Gasteiger partial charge in [0.05, 0.1) is 6.54 Å². The first-order valence-electron chi connectivity index (χ1n) is 5.04. The molecule has 0 aliphatic heterocycles. The highest BCUT2D eigenvalue weighted by atomic mass is 19.1. The van der Waals surface area contributed by atoms with Gasteiger partial charge in [-0.25, -0.2) is 4.39 Å². The molecule has 0 aromatic heterocycles. The van der Waals surface area contributed by atoms with E-state index in [1.165, 1.54) is 6.92 Å². The highest BCUT2D eigenvalue weighted by molar-refractivity contribution is 5.97. The van der Waals surface area contributed by atoms with Crippen LogP contribution in [0.25, 0.3) is 0 Å². The molecule has 1 aromatic carbocycles. The molecule has 0 radical (unpaired) electrons. The fourth-order valence-electron chi connectivity index (χ4n) is 1.46. The average Bonchev–Trinajstić information content (AvgIpc) is 2.17. The monoisotopic (exact) mass is 209 g/mol. The van der Waals surface area contributed by atoms with E-state index in [1.807, 2.05) is 6.07 Å². The quantitative estimate of drug-likeness (QED) is 0.751. The molecule has 1 N–H and O–H groups in total. The minimum absolute atomic E-state index is 0.0332. The van der Waals surface area contributed by atoms with Gasteiger partial charge in [0.15, 0.2) is 5.78 Å². The molecule has 1 unspecified atom stereocenters. The molecular formula is C12H16FNO. The van der Waals surface area contributed by atoms with E-state index >= 15 is 0 Å². The van der Waals surface area contributed by atoms with Crippen LogP contribution in [0.2, 0.25) is 0 Å². The fourth-order valence-corrected chi connectivity index (χ4v) is 1.46. The Morgan fingerprint density at radius 1 is 1.53 bits per heavy atom. The van der Waals surface area contributed by atoms with E-state index in [0.717, 1.165) is 5.56 Å². The summed E-state index contributed by atoms with van der Waals surface area (Å²) in [6.07, 6.45) is -0.514. The Hall–Kier alpha value is -1.22. The van der Waals surface area contributed by atoms with Gasteiger partial charge in [0.1, 0.15) is 6.17 Å². The maximum absolute atomic E-state index is 12.8. The zero-order valence-electron chi connectivity index (χ0n) is 9.09. The number of benzene rings is 1. The van der Waals surface area contributed by atoms with Crippen LogP contribution in [0.5, 0.6) is 0 Å². The summed E-state index contributed by atoms with van der Waals surface area (Å²) in [4.78, 5) is 11.5. The number of carbonyl (C=O) groups is 1. The number of rotatable bonds is 5. The van der Waals surface area contributed by atoms with Crippen LogP contribution in [0.15, 0.2) is 24.3 Å². The van der Waals surface area contributed by atoms with E-state index in [4.69, 9.17) is 0 Å². The number of Topliss-reactive ketones (excluding diaryl/α,β-unsaturated/α-hetero) is 1. The molecule has 3 heteroatoms. The van der Waals surface area contributed by atoms with Gasteiger partial charge in [0, 0.05) is 12.0 Å². The number of halogens is 1. The van der Waals surface area contributed by atoms with E-state index in [-0.39, 0.29) is 5.78 Å². The van der Waals surface area contributed by atoms with Crippen LogP contribution in [0.1, 0.15) is 22.8 Å². The van der Waals surface area contributed by atoms with Crippen molar-refractivity contribution in [3.05, 3.63) is 35.4 Å². The van der Waals surface area contributed by atoms with E-state index in [0.29, 0.717) is 18.5 Å². The van der Waals surface area contributed by atoms with Crippen molar-refractivity contribution < 1.29 is 9.18 Å². The molecule has 0 spiro atoms. The number of nitrogens with one attached hydrogen (secondary N) is 1. The lowest BCUT2D eigenvalue weighted by Crippen LogP contribution is -2.18. The summed E-state index contributed by atoms with van der Waals surface area (Å²) >= 11 is 0. The molecule has 0 saturated heterocycles. The Kier molecular flexibility index (Phi) is 4.43. The van der Waals surface area contributed by atoms with E-state index in [9.17, 15) is 9.18 Å². The summed E-state index contributed by atoms with van der Waals surface area (Å²) in [6.45, 7) is 1.83. The third-order valence-electron chi connectivity index (χ3n) is 2.10. The Morgan fingerprint density at radius 3 is 2.87 bits per heavy atom. The van der Waals surface area contributed by atoms with Crippen LogP contribution in [0, 0.1) is 0 Å². The molecule has 0 saturated carbocycles. The number of hydrogen-bond donors (Lipinski definition) is 1. The number of hydrogen-bond acceptors (Lipinski definition) is 2. The van der Waals surface area contributed by atoms with Gasteiger partial charge >= 0.3 is 0 Å². The van der Waals surface area contributed by atoms with Crippen molar-refractivity contribution in [3.8, 4) is 0 Å². The van der Waals surface area contributed by atoms with Crippen molar-refractivity contribution in [1.29, 1.82) is 0 Å². The van der Waals surface area contributed by atoms with Gasteiger partial charge in [0.25, 0.3) is 0 Å². The highest BCUT2D eigenvalue weighted by Crippen LogP contribution is 2.09. The lowest BCUT2D eigenvalue weighted by atomic mass is 10.0. The Bertz CT molecular complexity index is 336. The Morgan fingerprint density at radius 2 is 2.27 bits per heavy atom. The molecule has 0 amide bonds. The van der Waals surface area contributed by atoms with E-state index in [1.54, 1.807) is 25.2 Å². The van der Waals surface area contributed by atoms with Gasteiger partial charge in [0.2, 0.25) is 0 Å². The van der Waals surface area contributed by atoms with Crippen molar-refractivity contribution in [2.24, 2.45) is 0 Å². The third kappa shape index (κ3) is 3.80. The molecule has 0 aliphatic rings.